The van der Waals surface area contributed by atoms with Crippen molar-refractivity contribution in [3.8, 4) is 0 Å². The fraction of sp³-hybridized carbons (Fsp3) is 0.333. The second-order valence-electron chi connectivity index (χ2n) is 3.68. The first-order valence-electron chi connectivity index (χ1n) is 4.88. The third-order valence-corrected chi connectivity index (χ3v) is 3.97. The van der Waals surface area contributed by atoms with Gasteiger partial charge in [0.05, 0.1) is 4.60 Å². The Balaban J connectivity index is 2.82. The van der Waals surface area contributed by atoms with E-state index in [2.05, 4.69) is 59.6 Å². The molecule has 0 saturated heterocycles. The summed E-state index contributed by atoms with van der Waals surface area (Å²) in [6.07, 6.45) is 1.10. The van der Waals surface area contributed by atoms with Crippen LogP contribution in [-0.2, 0) is 13.5 Å². The second-order valence-corrected chi connectivity index (χ2v) is 4.43. The highest BCUT2D eigenvalue weighted by Gasteiger charge is 2.08. The minimum Gasteiger partial charge on any atom is -0.338 e. The van der Waals surface area contributed by atoms with E-state index in [4.69, 9.17) is 0 Å². The van der Waals surface area contributed by atoms with Crippen LogP contribution < -0.4 is 0 Å². The first kappa shape index (κ1) is 9.78. The van der Waals surface area contributed by atoms with Gasteiger partial charge in [-0.3, -0.25) is 0 Å². The number of halogens is 1. The van der Waals surface area contributed by atoms with Gasteiger partial charge in [-0.25, -0.2) is 0 Å². The van der Waals surface area contributed by atoms with Crippen LogP contribution in [-0.4, -0.2) is 4.57 Å². The van der Waals surface area contributed by atoms with Crippen molar-refractivity contribution in [2.24, 2.45) is 7.05 Å². The van der Waals surface area contributed by atoms with E-state index in [1.165, 1.54) is 26.6 Å². The van der Waals surface area contributed by atoms with Gasteiger partial charge in [0, 0.05) is 18.0 Å². The van der Waals surface area contributed by atoms with Crippen LogP contribution in [0, 0.1) is 6.92 Å². The first-order valence-corrected chi connectivity index (χ1v) is 5.68. The lowest BCUT2D eigenvalue weighted by atomic mass is 10.1. The summed E-state index contributed by atoms with van der Waals surface area (Å²) in [5.74, 6) is 0. The minimum atomic E-state index is 1.10. The molecule has 1 aromatic heterocycles. The Morgan fingerprint density at radius 3 is 2.71 bits per heavy atom. The molecule has 1 nitrogen and oxygen atoms in total. The van der Waals surface area contributed by atoms with Gasteiger partial charge in [-0.2, -0.15) is 0 Å². The molecule has 1 aromatic carbocycles. The van der Waals surface area contributed by atoms with Gasteiger partial charge in [-0.15, -0.1) is 0 Å². The van der Waals surface area contributed by atoms with Crippen LogP contribution in [0.4, 0.5) is 0 Å². The topological polar surface area (TPSA) is 4.93 Å². The van der Waals surface area contributed by atoms with Crippen LogP contribution in [0.15, 0.2) is 22.8 Å². The van der Waals surface area contributed by atoms with Gasteiger partial charge in [0.15, 0.2) is 0 Å². The monoisotopic (exact) mass is 251 g/mol. The molecule has 0 bridgehead atoms. The van der Waals surface area contributed by atoms with Crippen molar-refractivity contribution in [1.29, 1.82) is 0 Å². The van der Waals surface area contributed by atoms with Gasteiger partial charge in [0.25, 0.3) is 0 Å². The Hall–Kier alpha value is -0.760. The number of rotatable bonds is 1. The lowest BCUT2D eigenvalue weighted by Crippen LogP contribution is -1.86. The molecule has 0 unspecified atom stereocenters. The Morgan fingerprint density at radius 2 is 2.07 bits per heavy atom. The summed E-state index contributed by atoms with van der Waals surface area (Å²) in [4.78, 5) is 0. The summed E-state index contributed by atoms with van der Waals surface area (Å²) in [5, 5.41) is 1.36. The van der Waals surface area contributed by atoms with Crippen molar-refractivity contribution in [1.82, 2.24) is 4.57 Å². The predicted molar refractivity (Wildman–Crippen MR) is 64.7 cm³/mol. The van der Waals surface area contributed by atoms with E-state index < -0.39 is 0 Å². The normalized spacial score (nSPS) is 11.1. The van der Waals surface area contributed by atoms with Gasteiger partial charge in [0.2, 0.25) is 0 Å². The van der Waals surface area contributed by atoms with Gasteiger partial charge in [-0.05, 0) is 52.5 Å². The molecule has 0 aliphatic rings. The van der Waals surface area contributed by atoms with Gasteiger partial charge in [-0.1, -0.05) is 13.0 Å². The lowest BCUT2D eigenvalue weighted by Gasteiger charge is -1.99. The molecule has 14 heavy (non-hydrogen) atoms. The molecule has 74 valence electrons. The Kier molecular flexibility index (Phi) is 2.40. The van der Waals surface area contributed by atoms with Gasteiger partial charge < -0.3 is 4.57 Å². The molecule has 0 fully saturated rings. The number of hydrogen-bond acceptors (Lipinski definition) is 0. The maximum atomic E-state index is 3.60. The molecule has 2 heteroatoms. The van der Waals surface area contributed by atoms with E-state index >= 15 is 0 Å². The summed E-state index contributed by atoms with van der Waals surface area (Å²) >= 11 is 3.60. The highest BCUT2D eigenvalue weighted by atomic mass is 79.9. The molecular formula is C12H14BrN. The average molecular weight is 252 g/mol. The fourth-order valence-electron chi connectivity index (χ4n) is 1.86. The van der Waals surface area contributed by atoms with Crippen LogP contribution in [0.25, 0.3) is 10.9 Å². The van der Waals surface area contributed by atoms with E-state index in [1.807, 2.05) is 0 Å². The summed E-state index contributed by atoms with van der Waals surface area (Å²) in [5.41, 5.74) is 4.03. The number of hydrogen-bond donors (Lipinski definition) is 0. The SMILES string of the molecule is CCc1ccc2c(c1)c(C)c(Br)n2C. The molecule has 0 atom stereocenters. The molecule has 1 heterocycles. The molecule has 2 rings (SSSR count). The minimum absolute atomic E-state index is 1.10. The Labute approximate surface area is 92.9 Å². The van der Waals surface area contributed by atoms with Crippen LogP contribution in [0.2, 0.25) is 0 Å². The Morgan fingerprint density at radius 1 is 1.36 bits per heavy atom. The van der Waals surface area contributed by atoms with Crippen molar-refractivity contribution in [2.45, 2.75) is 20.3 Å². The zero-order chi connectivity index (χ0) is 10.3. The van der Waals surface area contributed by atoms with Gasteiger partial charge in [0.1, 0.15) is 0 Å². The highest BCUT2D eigenvalue weighted by molar-refractivity contribution is 9.10. The molecule has 0 radical (unpaired) electrons. The van der Waals surface area contributed by atoms with E-state index in [0.717, 1.165) is 6.42 Å². The Bertz CT molecular complexity index is 483. The number of aromatic nitrogens is 1. The molecular weight excluding hydrogens is 238 g/mol. The number of fused-ring (bicyclic) bond motifs is 1. The van der Waals surface area contributed by atoms with Crippen LogP contribution in [0.5, 0.6) is 0 Å². The number of nitrogens with zero attached hydrogens (tertiary/aromatic N) is 1. The van der Waals surface area contributed by atoms with E-state index in [1.54, 1.807) is 0 Å². The third kappa shape index (κ3) is 1.29. The van der Waals surface area contributed by atoms with Crippen molar-refractivity contribution >= 4 is 26.8 Å². The summed E-state index contributed by atoms with van der Waals surface area (Å²) in [6, 6.07) is 6.69. The van der Waals surface area contributed by atoms with E-state index in [0.29, 0.717) is 0 Å². The second kappa shape index (κ2) is 3.43. The number of benzene rings is 1. The molecule has 0 aliphatic heterocycles. The smallest absolute Gasteiger partial charge is 0.0884 e. The molecule has 0 amide bonds. The summed E-state index contributed by atoms with van der Waals surface area (Å²) < 4.78 is 3.37. The standard InChI is InChI=1S/C12H14BrN/c1-4-9-5-6-11-10(7-9)8(2)12(13)14(11)3/h5-7H,4H2,1-3H3. The van der Waals surface area contributed by atoms with E-state index in [9.17, 15) is 0 Å². The van der Waals surface area contributed by atoms with Crippen molar-refractivity contribution in [3.63, 3.8) is 0 Å². The van der Waals surface area contributed by atoms with Gasteiger partial charge >= 0.3 is 0 Å². The molecule has 0 N–H and O–H groups in total. The number of aryl methyl sites for hydroxylation is 3. The largest absolute Gasteiger partial charge is 0.338 e. The molecule has 0 saturated carbocycles. The molecule has 0 aliphatic carbocycles. The quantitative estimate of drug-likeness (QED) is 0.727. The van der Waals surface area contributed by atoms with E-state index in [-0.39, 0.29) is 0 Å². The van der Waals surface area contributed by atoms with Crippen LogP contribution in [0.1, 0.15) is 18.1 Å². The first-order chi connectivity index (χ1) is 6.65. The summed E-state index contributed by atoms with van der Waals surface area (Å²) in [6.45, 7) is 4.35. The maximum absolute atomic E-state index is 3.60. The maximum Gasteiger partial charge on any atom is 0.0884 e. The zero-order valence-corrected chi connectivity index (χ0v) is 10.4. The van der Waals surface area contributed by atoms with Crippen LogP contribution in [0.3, 0.4) is 0 Å². The van der Waals surface area contributed by atoms with Crippen molar-refractivity contribution in [2.75, 3.05) is 0 Å². The lowest BCUT2D eigenvalue weighted by molar-refractivity contribution is 0.934. The summed E-state index contributed by atoms with van der Waals surface area (Å²) in [7, 11) is 2.09. The average Bonchev–Trinajstić information content (AvgIpc) is 2.44. The molecule has 0 spiro atoms. The zero-order valence-electron chi connectivity index (χ0n) is 8.76. The van der Waals surface area contributed by atoms with Crippen molar-refractivity contribution in [3.05, 3.63) is 33.9 Å². The molecule has 2 aromatic rings. The fourth-order valence-corrected chi connectivity index (χ4v) is 2.27. The van der Waals surface area contributed by atoms with Crippen LogP contribution >= 0.6 is 15.9 Å². The highest BCUT2D eigenvalue weighted by Crippen LogP contribution is 2.29. The predicted octanol–water partition coefficient (Wildman–Crippen LogP) is 3.81. The third-order valence-electron chi connectivity index (χ3n) is 2.84. The van der Waals surface area contributed by atoms with Crippen molar-refractivity contribution < 1.29 is 0 Å².